The van der Waals surface area contributed by atoms with E-state index in [1.54, 1.807) is 24.3 Å². The molecule has 0 spiro atoms. The van der Waals surface area contributed by atoms with Crippen molar-refractivity contribution in [3.63, 3.8) is 0 Å². The highest BCUT2D eigenvalue weighted by atomic mass is 79.9. The molecule has 3 heteroatoms. The average Bonchev–Trinajstić information content (AvgIpc) is 3.61. The number of hydrogen-bond acceptors (Lipinski definition) is 2. The van der Waals surface area contributed by atoms with Crippen LogP contribution in [0.3, 0.4) is 0 Å². The van der Waals surface area contributed by atoms with Gasteiger partial charge < -0.3 is 9.84 Å². The van der Waals surface area contributed by atoms with Gasteiger partial charge in [0.25, 0.3) is 0 Å². The number of rotatable bonds is 4. The minimum absolute atomic E-state index is 0.213. The Hall–Kier alpha value is -2.36. The number of phenolic OH excluding ortho intramolecular Hbond substituents is 1. The molecule has 0 heterocycles. The van der Waals surface area contributed by atoms with Crippen LogP contribution in [0, 0.1) is 36.5 Å². The summed E-state index contributed by atoms with van der Waals surface area (Å²) in [4.78, 5) is 0. The number of aromatic hydroxyl groups is 1. The molecule has 2 aromatic carbocycles. The molecule has 2 aliphatic rings. The molecule has 0 bridgehead atoms. The van der Waals surface area contributed by atoms with Crippen LogP contribution in [0.2, 0.25) is 0 Å². The van der Waals surface area contributed by atoms with Gasteiger partial charge in [0.15, 0.2) is 0 Å². The van der Waals surface area contributed by atoms with Crippen molar-refractivity contribution in [3.8, 4) is 36.2 Å². The van der Waals surface area contributed by atoms with Crippen molar-refractivity contribution in [3.05, 3.63) is 59.7 Å². The third kappa shape index (κ3) is 9.23. The second-order valence-corrected chi connectivity index (χ2v) is 7.37. The second-order valence-electron chi connectivity index (χ2n) is 6.72. The number of benzene rings is 2. The average molecular weight is 425 g/mol. The van der Waals surface area contributed by atoms with Crippen LogP contribution in [0.4, 0.5) is 0 Å². The van der Waals surface area contributed by atoms with Gasteiger partial charge in [0, 0.05) is 16.5 Å². The Bertz CT molecular complexity index is 793. The van der Waals surface area contributed by atoms with Crippen LogP contribution in [0.1, 0.15) is 36.8 Å². The number of halogens is 1. The Morgan fingerprint density at radius 3 is 1.96 bits per heavy atom. The monoisotopic (exact) mass is 424 g/mol. The van der Waals surface area contributed by atoms with Crippen LogP contribution in [0.15, 0.2) is 48.5 Å². The molecule has 4 rings (SSSR count). The highest BCUT2D eigenvalue weighted by molar-refractivity contribution is 9.09. The van der Waals surface area contributed by atoms with Crippen LogP contribution >= 0.6 is 15.9 Å². The fraction of sp³-hybridized carbons (Fsp3) is 0.333. The number of alkyl halides is 1. The molecular weight excluding hydrogens is 400 g/mol. The second kappa shape index (κ2) is 11.4. The first-order valence-corrected chi connectivity index (χ1v) is 10.3. The van der Waals surface area contributed by atoms with Gasteiger partial charge in [-0.25, -0.2) is 0 Å². The van der Waals surface area contributed by atoms with E-state index in [-0.39, 0.29) is 5.75 Å². The summed E-state index contributed by atoms with van der Waals surface area (Å²) in [7, 11) is 0. The van der Waals surface area contributed by atoms with E-state index >= 15 is 0 Å². The third-order valence-corrected chi connectivity index (χ3v) is 5.03. The molecule has 2 saturated carbocycles. The predicted molar refractivity (Wildman–Crippen MR) is 115 cm³/mol. The standard InChI is InChI=1S/C12H12O.C8H6O.C4H7Br/c1-2-10-4-3-5-12(8-10)13-9-11-6-7-11;1-2-7-4-3-5-8(9)6-7;5-3-4-1-2-4/h1,3-5,8,11H,6-7,9H2;1,3-6,9H;4H,1-3H2. The molecule has 0 aromatic heterocycles. The molecule has 27 heavy (non-hydrogen) atoms. The SMILES string of the molecule is BrCC1CC1.C#Cc1cccc(O)c1.C#Cc1cccc(OCC2CC2)c1. The van der Waals surface area contributed by atoms with Crippen molar-refractivity contribution < 1.29 is 9.84 Å². The molecule has 2 fully saturated rings. The summed E-state index contributed by atoms with van der Waals surface area (Å²) in [5, 5.41) is 10.1. The van der Waals surface area contributed by atoms with Gasteiger partial charge in [0.1, 0.15) is 11.5 Å². The maximum Gasteiger partial charge on any atom is 0.120 e. The number of terminal acetylenes is 2. The number of phenols is 1. The van der Waals surface area contributed by atoms with Crippen molar-refractivity contribution in [1.82, 2.24) is 0 Å². The molecule has 1 N–H and O–H groups in total. The zero-order chi connectivity index (χ0) is 19.5. The van der Waals surface area contributed by atoms with Crippen LogP contribution in [0.5, 0.6) is 11.5 Å². The Morgan fingerprint density at radius 2 is 1.52 bits per heavy atom. The van der Waals surface area contributed by atoms with E-state index in [0.717, 1.165) is 29.8 Å². The highest BCUT2D eigenvalue weighted by Crippen LogP contribution is 2.30. The lowest BCUT2D eigenvalue weighted by atomic mass is 10.2. The lowest BCUT2D eigenvalue weighted by molar-refractivity contribution is 0.299. The molecule has 0 atom stereocenters. The van der Waals surface area contributed by atoms with Crippen LogP contribution in [-0.4, -0.2) is 17.0 Å². The number of ether oxygens (including phenoxy) is 1. The van der Waals surface area contributed by atoms with E-state index < -0.39 is 0 Å². The molecule has 0 radical (unpaired) electrons. The summed E-state index contributed by atoms with van der Waals surface area (Å²) in [5.74, 6) is 7.94. The van der Waals surface area contributed by atoms with Crippen molar-refractivity contribution in [2.75, 3.05) is 11.9 Å². The normalized spacial score (nSPS) is 14.3. The van der Waals surface area contributed by atoms with E-state index in [1.807, 2.05) is 24.3 Å². The maximum atomic E-state index is 8.85. The van der Waals surface area contributed by atoms with Crippen molar-refractivity contribution in [2.24, 2.45) is 11.8 Å². The molecule has 2 aliphatic carbocycles. The smallest absolute Gasteiger partial charge is 0.120 e. The van der Waals surface area contributed by atoms with E-state index in [9.17, 15) is 0 Å². The van der Waals surface area contributed by atoms with Gasteiger partial charge in [-0.2, -0.15) is 0 Å². The van der Waals surface area contributed by atoms with Crippen molar-refractivity contribution in [2.45, 2.75) is 25.7 Å². The maximum absolute atomic E-state index is 8.85. The first-order chi connectivity index (χ1) is 13.1. The van der Waals surface area contributed by atoms with Crippen LogP contribution in [-0.2, 0) is 0 Å². The van der Waals surface area contributed by atoms with Gasteiger partial charge in [0.2, 0.25) is 0 Å². The van der Waals surface area contributed by atoms with Gasteiger partial charge in [-0.1, -0.05) is 39.9 Å². The first kappa shape index (κ1) is 20.9. The molecule has 140 valence electrons. The molecule has 0 unspecified atom stereocenters. The topological polar surface area (TPSA) is 29.5 Å². The van der Waals surface area contributed by atoms with Gasteiger partial charge in [-0.05, 0) is 73.9 Å². The third-order valence-electron chi connectivity index (χ3n) is 4.11. The minimum Gasteiger partial charge on any atom is -0.508 e. The van der Waals surface area contributed by atoms with E-state index in [1.165, 1.54) is 31.0 Å². The summed E-state index contributed by atoms with van der Waals surface area (Å²) in [6.45, 7) is 0.841. The van der Waals surface area contributed by atoms with Gasteiger partial charge in [-0.15, -0.1) is 12.8 Å². The highest BCUT2D eigenvalue weighted by Gasteiger charge is 2.21. The Kier molecular flexibility index (Phi) is 8.82. The summed E-state index contributed by atoms with van der Waals surface area (Å²) in [5.41, 5.74) is 1.59. The molecule has 0 amide bonds. The van der Waals surface area contributed by atoms with Gasteiger partial charge in [-0.3, -0.25) is 0 Å². The minimum atomic E-state index is 0.213. The van der Waals surface area contributed by atoms with E-state index in [0.29, 0.717) is 5.56 Å². The molecule has 2 aromatic rings. The lowest BCUT2D eigenvalue weighted by Gasteiger charge is -2.04. The predicted octanol–water partition coefficient (Wildman–Crippen LogP) is 5.62. The summed E-state index contributed by atoms with van der Waals surface area (Å²) < 4.78 is 5.58. The fourth-order valence-electron chi connectivity index (χ4n) is 2.04. The Morgan fingerprint density at radius 1 is 0.926 bits per heavy atom. The zero-order valence-corrected chi connectivity index (χ0v) is 17.0. The largest absolute Gasteiger partial charge is 0.508 e. The molecule has 0 aliphatic heterocycles. The summed E-state index contributed by atoms with van der Waals surface area (Å²) in [6.07, 6.45) is 15.9. The Labute approximate surface area is 171 Å². The van der Waals surface area contributed by atoms with Crippen molar-refractivity contribution >= 4 is 15.9 Å². The lowest BCUT2D eigenvalue weighted by Crippen LogP contribution is -1.98. The molecular formula is C24H25BrO2. The van der Waals surface area contributed by atoms with Crippen molar-refractivity contribution in [1.29, 1.82) is 0 Å². The van der Waals surface area contributed by atoms with E-state index in [2.05, 4.69) is 27.8 Å². The Balaban J connectivity index is 0.000000161. The number of hydrogen-bond donors (Lipinski definition) is 1. The first-order valence-electron chi connectivity index (χ1n) is 9.15. The van der Waals surface area contributed by atoms with Crippen LogP contribution < -0.4 is 4.74 Å². The fourth-order valence-corrected chi connectivity index (χ4v) is 2.69. The molecule has 0 saturated heterocycles. The summed E-state index contributed by atoms with van der Waals surface area (Å²) >= 11 is 3.38. The van der Waals surface area contributed by atoms with E-state index in [4.69, 9.17) is 22.7 Å². The summed E-state index contributed by atoms with van der Waals surface area (Å²) in [6, 6.07) is 14.3. The quantitative estimate of drug-likeness (QED) is 0.509. The van der Waals surface area contributed by atoms with Gasteiger partial charge in [0.05, 0.1) is 6.61 Å². The zero-order valence-electron chi connectivity index (χ0n) is 15.4. The van der Waals surface area contributed by atoms with Gasteiger partial charge >= 0.3 is 0 Å². The van der Waals surface area contributed by atoms with Crippen LogP contribution in [0.25, 0.3) is 0 Å². The molecule has 2 nitrogen and oxygen atoms in total.